The molecule has 1 amide bonds. The van der Waals surface area contributed by atoms with E-state index >= 15 is 0 Å². The van der Waals surface area contributed by atoms with Gasteiger partial charge in [-0.05, 0) is 25.7 Å². The van der Waals surface area contributed by atoms with Crippen LogP contribution in [0.3, 0.4) is 0 Å². The van der Waals surface area contributed by atoms with Crippen LogP contribution in [0.25, 0.3) is 0 Å². The lowest BCUT2D eigenvalue weighted by Gasteiger charge is -2.04. The van der Waals surface area contributed by atoms with E-state index in [0.29, 0.717) is 18.7 Å². The minimum Gasteiger partial charge on any atom is -0.481 e. The number of hydrogen-bond acceptors (Lipinski definition) is 5. The molecule has 122 valence electrons. The quantitative estimate of drug-likeness (QED) is 0.681. The molecule has 1 atom stereocenters. The fraction of sp³-hybridized carbons (Fsp3) is 0.667. The molecule has 0 aromatic carbocycles. The zero-order valence-corrected chi connectivity index (χ0v) is 13.4. The van der Waals surface area contributed by atoms with Gasteiger partial charge in [0.05, 0.1) is 0 Å². The molecule has 0 saturated carbocycles. The van der Waals surface area contributed by atoms with Crippen LogP contribution < -0.4 is 5.32 Å². The van der Waals surface area contributed by atoms with E-state index in [2.05, 4.69) is 10.3 Å². The van der Waals surface area contributed by atoms with E-state index in [-0.39, 0.29) is 18.4 Å². The van der Waals surface area contributed by atoms with Gasteiger partial charge >= 0.3 is 5.97 Å². The zero-order chi connectivity index (χ0) is 15.8. The number of ether oxygens (including phenoxy) is 1. The van der Waals surface area contributed by atoms with Crippen LogP contribution in [0, 0.1) is 0 Å². The topological polar surface area (TPSA) is 88.5 Å². The summed E-state index contributed by atoms with van der Waals surface area (Å²) in [7, 11) is 0. The van der Waals surface area contributed by atoms with Gasteiger partial charge < -0.3 is 15.2 Å². The van der Waals surface area contributed by atoms with Gasteiger partial charge in [-0.15, -0.1) is 11.3 Å². The zero-order valence-electron chi connectivity index (χ0n) is 12.5. The van der Waals surface area contributed by atoms with Crippen molar-refractivity contribution in [3.63, 3.8) is 0 Å². The van der Waals surface area contributed by atoms with E-state index in [0.717, 1.165) is 43.7 Å². The van der Waals surface area contributed by atoms with Crippen molar-refractivity contribution in [2.45, 2.75) is 51.0 Å². The second kappa shape index (κ2) is 8.85. The van der Waals surface area contributed by atoms with Crippen LogP contribution in [0.15, 0.2) is 5.38 Å². The average Bonchev–Trinajstić information content (AvgIpc) is 3.16. The van der Waals surface area contributed by atoms with E-state index in [1.165, 1.54) is 11.3 Å². The standard InChI is InChI=1S/C15H22N2O4S/c18-13(19)7-3-1-2-4-8-16-14(20)11-10-22-15(17-11)12-6-5-9-21-12/h10,12H,1-9H2,(H,16,20)(H,18,19). The molecular formula is C15H22N2O4S. The number of nitrogens with zero attached hydrogens (tertiary/aromatic N) is 1. The molecule has 1 fully saturated rings. The molecule has 0 bridgehead atoms. The number of carbonyl (C=O) groups is 2. The van der Waals surface area contributed by atoms with Crippen LogP contribution in [-0.2, 0) is 9.53 Å². The maximum atomic E-state index is 12.0. The molecule has 6 nitrogen and oxygen atoms in total. The monoisotopic (exact) mass is 326 g/mol. The molecule has 22 heavy (non-hydrogen) atoms. The van der Waals surface area contributed by atoms with Crippen LogP contribution in [-0.4, -0.2) is 35.1 Å². The second-order valence-electron chi connectivity index (χ2n) is 5.39. The van der Waals surface area contributed by atoms with E-state index < -0.39 is 5.97 Å². The van der Waals surface area contributed by atoms with Crippen LogP contribution in [0.4, 0.5) is 0 Å². The Kier molecular flexibility index (Phi) is 6.79. The molecule has 1 aliphatic rings. The van der Waals surface area contributed by atoms with Crippen molar-refractivity contribution in [2.24, 2.45) is 0 Å². The minimum atomic E-state index is -0.751. The molecule has 2 N–H and O–H groups in total. The Morgan fingerprint density at radius 3 is 2.91 bits per heavy atom. The van der Waals surface area contributed by atoms with Gasteiger partial charge in [0.25, 0.3) is 5.91 Å². The minimum absolute atomic E-state index is 0.0563. The Labute approximate surface area is 133 Å². The van der Waals surface area contributed by atoms with Crippen molar-refractivity contribution in [2.75, 3.05) is 13.2 Å². The van der Waals surface area contributed by atoms with Crippen LogP contribution in [0.1, 0.15) is 66.5 Å². The molecule has 7 heteroatoms. The van der Waals surface area contributed by atoms with Gasteiger partial charge in [0.1, 0.15) is 16.8 Å². The van der Waals surface area contributed by atoms with E-state index in [1.54, 1.807) is 5.38 Å². The third-order valence-corrected chi connectivity index (χ3v) is 4.50. The molecule has 0 aliphatic carbocycles. The van der Waals surface area contributed by atoms with Gasteiger partial charge in [0.15, 0.2) is 0 Å². The summed E-state index contributed by atoms with van der Waals surface area (Å²) in [5.41, 5.74) is 0.460. The molecule has 2 heterocycles. The summed E-state index contributed by atoms with van der Waals surface area (Å²) < 4.78 is 5.56. The van der Waals surface area contributed by atoms with Crippen molar-refractivity contribution >= 4 is 23.2 Å². The molecule has 0 spiro atoms. The second-order valence-corrected chi connectivity index (χ2v) is 6.28. The van der Waals surface area contributed by atoms with Crippen LogP contribution in [0.2, 0.25) is 0 Å². The molecule has 1 saturated heterocycles. The summed E-state index contributed by atoms with van der Waals surface area (Å²) in [5.74, 6) is -0.898. The van der Waals surface area contributed by atoms with E-state index in [9.17, 15) is 9.59 Å². The Hall–Kier alpha value is -1.47. The number of nitrogens with one attached hydrogen (secondary N) is 1. The normalized spacial score (nSPS) is 17.5. The average molecular weight is 326 g/mol. The molecule has 1 aromatic heterocycles. The first-order valence-electron chi connectivity index (χ1n) is 7.74. The van der Waals surface area contributed by atoms with Crippen molar-refractivity contribution in [3.8, 4) is 0 Å². The third kappa shape index (κ3) is 5.38. The number of amides is 1. The largest absolute Gasteiger partial charge is 0.481 e. The van der Waals surface area contributed by atoms with Gasteiger partial charge in [0.2, 0.25) is 0 Å². The molecule has 1 unspecified atom stereocenters. The molecular weight excluding hydrogens is 304 g/mol. The van der Waals surface area contributed by atoms with Crippen molar-refractivity contribution < 1.29 is 19.4 Å². The van der Waals surface area contributed by atoms with Crippen molar-refractivity contribution in [1.29, 1.82) is 0 Å². The summed E-state index contributed by atoms with van der Waals surface area (Å²) in [6, 6.07) is 0. The molecule has 2 rings (SSSR count). The predicted molar refractivity (Wildman–Crippen MR) is 83.1 cm³/mol. The Balaban J connectivity index is 1.62. The molecule has 1 aromatic rings. The lowest BCUT2D eigenvalue weighted by molar-refractivity contribution is -0.137. The number of carbonyl (C=O) groups excluding carboxylic acids is 1. The van der Waals surface area contributed by atoms with E-state index in [4.69, 9.17) is 9.84 Å². The number of aliphatic carboxylic acids is 1. The first kappa shape index (κ1) is 16.9. The van der Waals surface area contributed by atoms with Gasteiger partial charge in [-0.3, -0.25) is 9.59 Å². The molecule has 1 aliphatic heterocycles. The maximum Gasteiger partial charge on any atom is 0.303 e. The smallest absolute Gasteiger partial charge is 0.303 e. The fourth-order valence-electron chi connectivity index (χ4n) is 2.36. The van der Waals surface area contributed by atoms with E-state index in [1.807, 2.05) is 0 Å². The first-order chi connectivity index (χ1) is 10.7. The van der Waals surface area contributed by atoms with Crippen molar-refractivity contribution in [1.82, 2.24) is 10.3 Å². The number of thiazole rings is 1. The summed E-state index contributed by atoms with van der Waals surface area (Å²) in [6.45, 7) is 1.37. The number of aromatic nitrogens is 1. The van der Waals surface area contributed by atoms with Crippen molar-refractivity contribution in [3.05, 3.63) is 16.1 Å². The highest BCUT2D eigenvalue weighted by Crippen LogP contribution is 2.30. The van der Waals surface area contributed by atoms with Crippen LogP contribution >= 0.6 is 11.3 Å². The number of hydrogen-bond donors (Lipinski definition) is 2. The highest BCUT2D eigenvalue weighted by atomic mass is 32.1. The maximum absolute atomic E-state index is 12.0. The number of carboxylic acid groups (broad SMARTS) is 1. The first-order valence-corrected chi connectivity index (χ1v) is 8.62. The SMILES string of the molecule is O=C(O)CCCCCCNC(=O)c1csc(C2CCCO2)n1. The lowest BCUT2D eigenvalue weighted by Crippen LogP contribution is -2.24. The number of carboxylic acids is 1. The lowest BCUT2D eigenvalue weighted by atomic mass is 10.1. The summed E-state index contributed by atoms with van der Waals surface area (Å²) >= 11 is 1.48. The number of rotatable bonds is 9. The predicted octanol–water partition coefficient (Wildman–Crippen LogP) is 2.76. The highest BCUT2D eigenvalue weighted by molar-refractivity contribution is 7.09. The third-order valence-electron chi connectivity index (χ3n) is 3.56. The number of unbranched alkanes of at least 4 members (excludes halogenated alkanes) is 3. The Bertz CT molecular complexity index is 497. The van der Waals surface area contributed by atoms with Gasteiger partial charge in [-0.2, -0.15) is 0 Å². The van der Waals surface area contributed by atoms with Gasteiger partial charge in [-0.25, -0.2) is 4.98 Å². The summed E-state index contributed by atoms with van der Waals surface area (Å²) in [4.78, 5) is 26.7. The molecule has 0 radical (unpaired) electrons. The highest BCUT2D eigenvalue weighted by Gasteiger charge is 2.22. The van der Waals surface area contributed by atoms with Crippen LogP contribution in [0.5, 0.6) is 0 Å². The van der Waals surface area contributed by atoms with Gasteiger partial charge in [0, 0.05) is 25.0 Å². The Morgan fingerprint density at radius 2 is 2.18 bits per heavy atom. The summed E-state index contributed by atoms with van der Waals surface area (Å²) in [6.07, 6.45) is 5.65. The summed E-state index contributed by atoms with van der Waals surface area (Å²) in [5, 5.41) is 14.0. The van der Waals surface area contributed by atoms with Gasteiger partial charge in [-0.1, -0.05) is 12.8 Å². The Morgan fingerprint density at radius 1 is 1.36 bits per heavy atom. The fourth-order valence-corrected chi connectivity index (χ4v) is 3.24.